The van der Waals surface area contributed by atoms with Gasteiger partial charge in [0.1, 0.15) is 0 Å². The molecule has 0 aromatic rings. The molecule has 32 heavy (non-hydrogen) atoms. The molecule has 0 heterocycles. The van der Waals surface area contributed by atoms with E-state index in [-0.39, 0.29) is 17.9 Å². The van der Waals surface area contributed by atoms with E-state index in [1.54, 1.807) is 13.8 Å². The van der Waals surface area contributed by atoms with Crippen molar-refractivity contribution >= 4 is 0 Å². The largest absolute Gasteiger partial charge is 0.396 e. The molecule has 4 heteroatoms. The predicted octanol–water partition coefficient (Wildman–Crippen LogP) is 4.70. The molecule has 0 spiro atoms. The van der Waals surface area contributed by atoms with Crippen LogP contribution in [0.25, 0.3) is 0 Å². The number of aliphatic hydroxyl groups is 4. The third-order valence-corrected chi connectivity index (χ3v) is 8.69. The van der Waals surface area contributed by atoms with Crippen LogP contribution >= 0.6 is 0 Å². The first-order valence-electron chi connectivity index (χ1n) is 12.4. The summed E-state index contributed by atoms with van der Waals surface area (Å²) in [5.74, 6) is 1.28. The molecule has 180 valence electrons. The van der Waals surface area contributed by atoms with Crippen LogP contribution in [0, 0.1) is 29.1 Å². The smallest absolute Gasteiger partial charge is 0.0811 e. The molecular formula is C28H44O4. The molecule has 0 radical (unpaired) electrons. The fraction of sp³-hybridized carbons (Fsp3) is 0.714. The average Bonchev–Trinajstić information content (AvgIpc) is 3.06. The predicted molar refractivity (Wildman–Crippen MR) is 130 cm³/mol. The molecule has 0 amide bonds. The molecular weight excluding hydrogens is 400 g/mol. The van der Waals surface area contributed by atoms with E-state index in [1.165, 1.54) is 31.3 Å². The van der Waals surface area contributed by atoms with E-state index in [9.17, 15) is 20.4 Å². The van der Waals surface area contributed by atoms with Crippen LogP contribution in [0.4, 0.5) is 0 Å². The molecule has 7 atom stereocenters. The summed E-state index contributed by atoms with van der Waals surface area (Å²) in [6.07, 6.45) is 14.3. The molecule has 3 rings (SSSR count). The number of rotatable bonds is 6. The highest BCUT2D eigenvalue weighted by Crippen LogP contribution is 2.59. The average molecular weight is 445 g/mol. The normalized spacial score (nSPS) is 38.4. The maximum Gasteiger partial charge on any atom is 0.0811 e. The number of allylic oxidation sites excluding steroid dienone is 4. The van der Waals surface area contributed by atoms with Gasteiger partial charge in [0.25, 0.3) is 0 Å². The lowest BCUT2D eigenvalue weighted by molar-refractivity contribution is 0.0128. The molecule has 4 N–H and O–H groups in total. The maximum absolute atomic E-state index is 10.3. The minimum absolute atomic E-state index is 0.0481. The summed E-state index contributed by atoms with van der Waals surface area (Å²) in [7, 11) is 0. The summed E-state index contributed by atoms with van der Waals surface area (Å²) in [5.41, 5.74) is 2.55. The maximum atomic E-state index is 10.3. The van der Waals surface area contributed by atoms with E-state index in [2.05, 4.69) is 38.7 Å². The van der Waals surface area contributed by atoms with E-state index >= 15 is 0 Å². The highest BCUT2D eigenvalue weighted by atomic mass is 16.3. The molecule has 0 aromatic heterocycles. The van der Waals surface area contributed by atoms with Crippen molar-refractivity contribution in [3.63, 3.8) is 0 Å². The van der Waals surface area contributed by atoms with Crippen LogP contribution in [0.5, 0.6) is 0 Å². The monoisotopic (exact) mass is 444 g/mol. The van der Waals surface area contributed by atoms with Crippen molar-refractivity contribution in [3.05, 3.63) is 47.6 Å². The fourth-order valence-corrected chi connectivity index (χ4v) is 6.57. The SMILES string of the molecule is C=C1/C(=C\C=C2/CCC[C@]3(C)[C@@H]([C@H](C)/C=C/[C@H](CO)C(C)(C)O)CC[C@@H]23)C[C@@H](O)CC1O. The molecule has 0 bridgehead atoms. The van der Waals surface area contributed by atoms with Crippen LogP contribution in [0.1, 0.15) is 72.6 Å². The quantitative estimate of drug-likeness (QED) is 0.448. The number of aliphatic hydroxyl groups excluding tert-OH is 3. The molecule has 0 aliphatic heterocycles. The van der Waals surface area contributed by atoms with Crippen molar-refractivity contribution in [2.75, 3.05) is 6.61 Å². The Balaban J connectivity index is 1.77. The topological polar surface area (TPSA) is 80.9 Å². The lowest BCUT2D eigenvalue weighted by Gasteiger charge is -2.44. The van der Waals surface area contributed by atoms with Crippen LogP contribution in [0.15, 0.2) is 47.6 Å². The van der Waals surface area contributed by atoms with E-state index in [0.29, 0.717) is 30.6 Å². The van der Waals surface area contributed by atoms with Crippen molar-refractivity contribution in [2.24, 2.45) is 29.1 Å². The lowest BCUT2D eigenvalue weighted by Crippen LogP contribution is -2.36. The summed E-state index contributed by atoms with van der Waals surface area (Å²) in [6, 6.07) is 0. The van der Waals surface area contributed by atoms with Crippen LogP contribution in [-0.2, 0) is 0 Å². The van der Waals surface area contributed by atoms with Crippen LogP contribution in [0.3, 0.4) is 0 Å². The summed E-state index contributed by atoms with van der Waals surface area (Å²) in [5, 5.41) is 40.1. The first-order chi connectivity index (χ1) is 15.0. The number of hydrogen-bond acceptors (Lipinski definition) is 4. The second kappa shape index (κ2) is 9.97. The summed E-state index contributed by atoms with van der Waals surface area (Å²) in [4.78, 5) is 0. The van der Waals surface area contributed by atoms with Crippen molar-refractivity contribution in [1.82, 2.24) is 0 Å². The Morgan fingerprint density at radius 3 is 2.56 bits per heavy atom. The minimum Gasteiger partial charge on any atom is -0.396 e. The molecule has 3 saturated carbocycles. The molecule has 0 saturated heterocycles. The van der Waals surface area contributed by atoms with Crippen molar-refractivity contribution in [3.8, 4) is 0 Å². The third kappa shape index (κ3) is 5.30. The lowest BCUT2D eigenvalue weighted by atomic mass is 9.61. The van der Waals surface area contributed by atoms with Gasteiger partial charge in [-0.15, -0.1) is 0 Å². The zero-order chi connectivity index (χ0) is 23.7. The Kier molecular flexibility index (Phi) is 7.92. The van der Waals surface area contributed by atoms with Gasteiger partial charge in [0.15, 0.2) is 0 Å². The zero-order valence-electron chi connectivity index (χ0n) is 20.4. The second-order valence-electron chi connectivity index (χ2n) is 11.4. The summed E-state index contributed by atoms with van der Waals surface area (Å²) < 4.78 is 0. The Morgan fingerprint density at radius 1 is 1.19 bits per heavy atom. The van der Waals surface area contributed by atoms with Crippen molar-refractivity contribution in [2.45, 2.75) is 90.4 Å². The fourth-order valence-electron chi connectivity index (χ4n) is 6.57. The van der Waals surface area contributed by atoms with Crippen LogP contribution in [-0.4, -0.2) is 44.8 Å². The van der Waals surface area contributed by atoms with Gasteiger partial charge in [0, 0.05) is 12.3 Å². The van der Waals surface area contributed by atoms with Gasteiger partial charge in [-0.3, -0.25) is 0 Å². The first-order valence-corrected chi connectivity index (χ1v) is 12.4. The van der Waals surface area contributed by atoms with Gasteiger partial charge in [-0.25, -0.2) is 0 Å². The molecule has 0 aromatic carbocycles. The van der Waals surface area contributed by atoms with Gasteiger partial charge in [0.05, 0.1) is 24.4 Å². The van der Waals surface area contributed by atoms with Crippen molar-refractivity contribution in [1.29, 1.82) is 0 Å². The van der Waals surface area contributed by atoms with Crippen LogP contribution in [0.2, 0.25) is 0 Å². The van der Waals surface area contributed by atoms with Crippen LogP contribution < -0.4 is 0 Å². The van der Waals surface area contributed by atoms with Gasteiger partial charge >= 0.3 is 0 Å². The van der Waals surface area contributed by atoms with E-state index in [1.807, 2.05) is 6.08 Å². The third-order valence-electron chi connectivity index (χ3n) is 8.69. The Labute approximate surface area is 194 Å². The molecule has 1 unspecified atom stereocenters. The summed E-state index contributed by atoms with van der Waals surface area (Å²) in [6.45, 7) is 12.2. The van der Waals surface area contributed by atoms with Gasteiger partial charge in [0.2, 0.25) is 0 Å². The molecule has 3 aliphatic carbocycles. The van der Waals surface area contributed by atoms with Gasteiger partial charge in [-0.1, -0.05) is 50.3 Å². The standard InChI is InChI=1S/C28H44O4/c1-18(8-11-22(17-29)27(3,4)32)24-12-13-25-20(7-6-14-28(24,25)5)9-10-21-15-23(30)16-26(31)19(21)2/h8-11,18,22-26,29-32H,2,6-7,12-17H2,1,3-5H3/b11-8+,20-9+,21-10-/t18-,22-,23-,24-,25+,26?,28-/m1/s1. The van der Waals surface area contributed by atoms with Gasteiger partial charge in [-0.2, -0.15) is 0 Å². The van der Waals surface area contributed by atoms with Gasteiger partial charge in [-0.05, 0) is 86.7 Å². The van der Waals surface area contributed by atoms with E-state index in [0.717, 1.165) is 17.6 Å². The second-order valence-corrected chi connectivity index (χ2v) is 11.4. The van der Waals surface area contributed by atoms with Gasteiger partial charge < -0.3 is 20.4 Å². The number of hydrogen-bond donors (Lipinski definition) is 4. The Morgan fingerprint density at radius 2 is 1.91 bits per heavy atom. The summed E-state index contributed by atoms with van der Waals surface area (Å²) >= 11 is 0. The first kappa shape index (κ1) is 25.4. The highest BCUT2D eigenvalue weighted by molar-refractivity contribution is 5.38. The number of fused-ring (bicyclic) bond motifs is 1. The highest BCUT2D eigenvalue weighted by Gasteiger charge is 2.50. The molecule has 4 nitrogen and oxygen atoms in total. The zero-order valence-corrected chi connectivity index (χ0v) is 20.4. The molecule has 3 aliphatic rings. The van der Waals surface area contributed by atoms with E-state index < -0.39 is 17.8 Å². The Bertz CT molecular complexity index is 771. The minimum atomic E-state index is -0.925. The Hall–Kier alpha value is -1.20. The van der Waals surface area contributed by atoms with E-state index in [4.69, 9.17) is 0 Å². The molecule has 3 fully saturated rings. The van der Waals surface area contributed by atoms with Crippen molar-refractivity contribution < 1.29 is 20.4 Å².